The van der Waals surface area contributed by atoms with E-state index in [0.717, 1.165) is 18.8 Å². The molecule has 0 aliphatic heterocycles. The van der Waals surface area contributed by atoms with Crippen LogP contribution in [-0.2, 0) is 4.79 Å². The predicted octanol–water partition coefficient (Wildman–Crippen LogP) is 3.24. The molecular formula is C16H32N2O. The lowest BCUT2D eigenvalue weighted by Gasteiger charge is -2.30. The van der Waals surface area contributed by atoms with Crippen LogP contribution in [0, 0.1) is 5.92 Å². The van der Waals surface area contributed by atoms with Gasteiger partial charge in [0.25, 0.3) is 0 Å². The lowest BCUT2D eigenvalue weighted by atomic mass is 9.84. The molecule has 1 rings (SSSR count). The molecule has 0 saturated heterocycles. The van der Waals surface area contributed by atoms with E-state index in [0.29, 0.717) is 12.1 Å². The van der Waals surface area contributed by atoms with Crippen LogP contribution < -0.4 is 10.6 Å². The molecule has 0 aromatic heterocycles. The van der Waals surface area contributed by atoms with Crippen LogP contribution in [0.4, 0.5) is 0 Å². The van der Waals surface area contributed by atoms with Crippen molar-refractivity contribution in [2.75, 3.05) is 0 Å². The Hall–Kier alpha value is -0.570. The number of hydrogen-bond acceptors (Lipinski definition) is 2. The van der Waals surface area contributed by atoms with Crippen molar-refractivity contribution < 1.29 is 4.79 Å². The molecule has 1 aliphatic carbocycles. The maximum atomic E-state index is 12.1. The van der Waals surface area contributed by atoms with Crippen LogP contribution in [0.25, 0.3) is 0 Å². The molecule has 1 aliphatic rings. The second kappa shape index (κ2) is 8.57. The van der Waals surface area contributed by atoms with Crippen LogP contribution in [0.5, 0.6) is 0 Å². The second-order valence-electron chi connectivity index (χ2n) is 6.10. The molecule has 3 nitrogen and oxygen atoms in total. The highest BCUT2D eigenvalue weighted by molar-refractivity contribution is 5.81. The summed E-state index contributed by atoms with van der Waals surface area (Å²) in [5.74, 6) is 0.897. The molecule has 0 bridgehead atoms. The second-order valence-corrected chi connectivity index (χ2v) is 6.10. The van der Waals surface area contributed by atoms with Crippen molar-refractivity contribution in [3.8, 4) is 0 Å². The molecular weight excluding hydrogens is 236 g/mol. The van der Waals surface area contributed by atoms with Crippen LogP contribution in [0.1, 0.15) is 72.6 Å². The van der Waals surface area contributed by atoms with Gasteiger partial charge in [-0.2, -0.15) is 0 Å². The van der Waals surface area contributed by atoms with Gasteiger partial charge in [0, 0.05) is 12.1 Å². The van der Waals surface area contributed by atoms with E-state index in [-0.39, 0.29) is 11.9 Å². The van der Waals surface area contributed by atoms with Crippen LogP contribution in [0.3, 0.4) is 0 Å². The summed E-state index contributed by atoms with van der Waals surface area (Å²) >= 11 is 0. The molecule has 0 heterocycles. The van der Waals surface area contributed by atoms with Gasteiger partial charge in [-0.05, 0) is 45.4 Å². The molecule has 1 saturated carbocycles. The number of nitrogens with one attached hydrogen (secondary N) is 2. The molecule has 19 heavy (non-hydrogen) atoms. The van der Waals surface area contributed by atoms with Crippen molar-refractivity contribution >= 4 is 5.91 Å². The number of carbonyl (C=O) groups excluding carboxylic acids is 1. The Labute approximate surface area is 118 Å². The lowest BCUT2D eigenvalue weighted by molar-refractivity contribution is -0.123. The Balaban J connectivity index is 2.35. The van der Waals surface area contributed by atoms with Crippen LogP contribution in [0.15, 0.2) is 0 Å². The van der Waals surface area contributed by atoms with Gasteiger partial charge in [-0.1, -0.05) is 33.1 Å². The summed E-state index contributed by atoms with van der Waals surface area (Å²) in [7, 11) is 0. The van der Waals surface area contributed by atoms with E-state index < -0.39 is 0 Å². The minimum Gasteiger partial charge on any atom is -0.352 e. The van der Waals surface area contributed by atoms with Gasteiger partial charge in [-0.15, -0.1) is 0 Å². The lowest BCUT2D eigenvalue weighted by Crippen LogP contribution is -2.50. The van der Waals surface area contributed by atoms with E-state index in [9.17, 15) is 4.79 Å². The monoisotopic (exact) mass is 268 g/mol. The molecule has 112 valence electrons. The van der Waals surface area contributed by atoms with Crippen molar-refractivity contribution in [2.45, 2.75) is 90.8 Å². The molecule has 0 aromatic carbocycles. The topological polar surface area (TPSA) is 41.1 Å². The SMILES string of the molecule is CCC(CC)NC(=O)C(C)N[C@@H](C)C1CCCCC1. The fourth-order valence-electron chi connectivity index (χ4n) is 3.06. The summed E-state index contributed by atoms with van der Waals surface area (Å²) in [5.41, 5.74) is 0. The smallest absolute Gasteiger partial charge is 0.237 e. The quantitative estimate of drug-likeness (QED) is 0.744. The first-order valence-corrected chi connectivity index (χ1v) is 8.14. The minimum absolute atomic E-state index is 0.0856. The average Bonchev–Trinajstić information content (AvgIpc) is 2.45. The van der Waals surface area contributed by atoms with E-state index in [1.54, 1.807) is 0 Å². The van der Waals surface area contributed by atoms with Gasteiger partial charge in [0.15, 0.2) is 0 Å². The first-order chi connectivity index (χ1) is 9.08. The van der Waals surface area contributed by atoms with Gasteiger partial charge < -0.3 is 10.6 Å². The minimum atomic E-state index is -0.0856. The number of hydrogen-bond donors (Lipinski definition) is 2. The molecule has 2 atom stereocenters. The highest BCUT2D eigenvalue weighted by atomic mass is 16.2. The zero-order valence-corrected chi connectivity index (χ0v) is 13.2. The Bertz CT molecular complexity index is 257. The highest BCUT2D eigenvalue weighted by Crippen LogP contribution is 2.26. The Kier molecular flexibility index (Phi) is 7.44. The van der Waals surface area contributed by atoms with Crippen LogP contribution in [-0.4, -0.2) is 24.0 Å². The third kappa shape index (κ3) is 5.52. The zero-order valence-electron chi connectivity index (χ0n) is 13.2. The molecule has 1 unspecified atom stereocenters. The number of amides is 1. The summed E-state index contributed by atoms with van der Waals surface area (Å²) in [5, 5.41) is 6.61. The van der Waals surface area contributed by atoms with E-state index in [1.807, 2.05) is 6.92 Å². The van der Waals surface area contributed by atoms with Gasteiger partial charge in [0.2, 0.25) is 5.91 Å². The number of rotatable bonds is 7. The number of carbonyl (C=O) groups is 1. The first-order valence-electron chi connectivity index (χ1n) is 8.14. The molecule has 0 aromatic rings. The van der Waals surface area contributed by atoms with E-state index in [4.69, 9.17) is 0 Å². The summed E-state index contributed by atoms with van der Waals surface area (Å²) in [4.78, 5) is 12.1. The van der Waals surface area contributed by atoms with Gasteiger partial charge in [0.05, 0.1) is 6.04 Å². The molecule has 1 amide bonds. The maximum absolute atomic E-state index is 12.1. The van der Waals surface area contributed by atoms with Crippen molar-refractivity contribution in [3.05, 3.63) is 0 Å². The van der Waals surface area contributed by atoms with Crippen LogP contribution in [0.2, 0.25) is 0 Å². The first kappa shape index (κ1) is 16.5. The molecule has 2 N–H and O–H groups in total. The van der Waals surface area contributed by atoms with Crippen molar-refractivity contribution in [1.29, 1.82) is 0 Å². The summed E-state index contributed by atoms with van der Waals surface area (Å²) in [6.45, 7) is 8.46. The maximum Gasteiger partial charge on any atom is 0.237 e. The van der Waals surface area contributed by atoms with Gasteiger partial charge in [-0.25, -0.2) is 0 Å². The molecule has 3 heteroatoms. The summed E-state index contributed by atoms with van der Waals surface area (Å²) < 4.78 is 0. The van der Waals surface area contributed by atoms with Gasteiger partial charge >= 0.3 is 0 Å². The third-order valence-corrected chi connectivity index (χ3v) is 4.60. The van der Waals surface area contributed by atoms with Crippen LogP contribution >= 0.6 is 0 Å². The van der Waals surface area contributed by atoms with Crippen molar-refractivity contribution in [3.63, 3.8) is 0 Å². The van der Waals surface area contributed by atoms with Crippen molar-refractivity contribution in [2.24, 2.45) is 5.92 Å². The van der Waals surface area contributed by atoms with E-state index in [2.05, 4.69) is 31.4 Å². The van der Waals surface area contributed by atoms with Crippen molar-refractivity contribution in [1.82, 2.24) is 10.6 Å². The molecule has 0 spiro atoms. The zero-order chi connectivity index (χ0) is 14.3. The Morgan fingerprint density at radius 3 is 2.21 bits per heavy atom. The predicted molar refractivity (Wildman–Crippen MR) is 81.1 cm³/mol. The van der Waals surface area contributed by atoms with Gasteiger partial charge in [0.1, 0.15) is 0 Å². The summed E-state index contributed by atoms with van der Waals surface area (Å²) in [6, 6.07) is 0.682. The Morgan fingerprint density at radius 1 is 1.11 bits per heavy atom. The Morgan fingerprint density at radius 2 is 1.68 bits per heavy atom. The molecule has 0 radical (unpaired) electrons. The summed E-state index contributed by atoms with van der Waals surface area (Å²) in [6.07, 6.45) is 8.73. The fourth-order valence-corrected chi connectivity index (χ4v) is 3.06. The van der Waals surface area contributed by atoms with Gasteiger partial charge in [-0.3, -0.25) is 4.79 Å². The average molecular weight is 268 g/mol. The molecule has 1 fully saturated rings. The van der Waals surface area contributed by atoms with E-state index in [1.165, 1.54) is 32.1 Å². The highest BCUT2D eigenvalue weighted by Gasteiger charge is 2.23. The standard InChI is InChI=1S/C16H32N2O/c1-5-15(6-2)18-16(19)13(4)17-12(3)14-10-8-7-9-11-14/h12-15,17H,5-11H2,1-4H3,(H,18,19)/t12-,13?/m0/s1. The third-order valence-electron chi connectivity index (χ3n) is 4.60. The largest absolute Gasteiger partial charge is 0.352 e. The van der Waals surface area contributed by atoms with E-state index >= 15 is 0 Å². The fraction of sp³-hybridized carbons (Fsp3) is 0.938. The normalized spacial score (nSPS) is 20.3.